The summed E-state index contributed by atoms with van der Waals surface area (Å²) in [5, 5.41) is 17.8. The molecular formula is C14H18N2O3. The van der Waals surface area contributed by atoms with Crippen LogP contribution < -0.4 is 0 Å². The van der Waals surface area contributed by atoms with Crippen molar-refractivity contribution < 1.29 is 14.6 Å². The molecule has 0 amide bonds. The Labute approximate surface area is 112 Å². The number of ether oxygens (including phenoxy) is 1. The van der Waals surface area contributed by atoms with Gasteiger partial charge in [0.05, 0.1) is 12.8 Å². The van der Waals surface area contributed by atoms with Crippen LogP contribution in [0.5, 0.6) is 0 Å². The number of hydrogen-bond acceptors (Lipinski definition) is 5. The highest BCUT2D eigenvalue weighted by atomic mass is 16.5. The van der Waals surface area contributed by atoms with Crippen molar-refractivity contribution in [3.63, 3.8) is 0 Å². The van der Waals surface area contributed by atoms with Gasteiger partial charge in [-0.2, -0.15) is 5.11 Å². The van der Waals surface area contributed by atoms with E-state index in [9.17, 15) is 9.90 Å². The molecule has 19 heavy (non-hydrogen) atoms. The van der Waals surface area contributed by atoms with E-state index in [1.54, 1.807) is 45.0 Å². The summed E-state index contributed by atoms with van der Waals surface area (Å²) in [6, 6.07) is 8.95. The van der Waals surface area contributed by atoms with E-state index < -0.39 is 11.4 Å². The van der Waals surface area contributed by atoms with E-state index >= 15 is 0 Å². The molecule has 0 unspecified atom stereocenters. The van der Waals surface area contributed by atoms with Crippen molar-refractivity contribution in [2.24, 2.45) is 15.6 Å². The fraction of sp³-hybridized carbons (Fsp3) is 0.357. The molecule has 0 aromatic heterocycles. The smallest absolute Gasteiger partial charge is 0.362 e. The summed E-state index contributed by atoms with van der Waals surface area (Å²) in [6.45, 7) is 5.30. The van der Waals surface area contributed by atoms with Gasteiger partial charge in [-0.3, -0.25) is 0 Å². The summed E-state index contributed by atoms with van der Waals surface area (Å²) in [7, 11) is 1.23. The van der Waals surface area contributed by atoms with Crippen LogP contribution in [0.15, 0.2) is 52.0 Å². The molecule has 0 saturated carbocycles. The van der Waals surface area contributed by atoms with Crippen LogP contribution >= 0.6 is 0 Å². The average Bonchev–Trinajstić information content (AvgIpc) is 2.38. The molecule has 0 aliphatic carbocycles. The van der Waals surface area contributed by atoms with Crippen LogP contribution in [0.3, 0.4) is 0 Å². The molecule has 0 radical (unpaired) electrons. The molecule has 0 heterocycles. The van der Waals surface area contributed by atoms with E-state index in [0.717, 1.165) is 0 Å². The van der Waals surface area contributed by atoms with Crippen LogP contribution in [0.2, 0.25) is 0 Å². The predicted molar refractivity (Wildman–Crippen MR) is 72.1 cm³/mol. The molecule has 1 rings (SSSR count). The van der Waals surface area contributed by atoms with Crippen LogP contribution in [-0.4, -0.2) is 18.2 Å². The van der Waals surface area contributed by atoms with Crippen LogP contribution in [0.1, 0.15) is 20.8 Å². The minimum Gasteiger partial charge on any atom is -0.509 e. The average molecular weight is 262 g/mol. The number of benzene rings is 1. The fourth-order valence-corrected chi connectivity index (χ4v) is 1.24. The van der Waals surface area contributed by atoms with Crippen molar-refractivity contribution in [3.8, 4) is 0 Å². The number of rotatable bonds is 3. The molecule has 1 aromatic rings. The van der Waals surface area contributed by atoms with Crippen molar-refractivity contribution in [2.75, 3.05) is 7.11 Å². The first kappa shape index (κ1) is 14.9. The number of azo groups is 1. The number of hydrogen-bond donors (Lipinski definition) is 1. The second-order valence-corrected chi connectivity index (χ2v) is 4.97. The standard InChI is InChI=1S/C14H18N2O3/c1-14(2,3)12(17)11(13(18)19-4)16-15-10-8-6-5-7-9-10/h5-9,17H,1-4H3/b12-11-,16-15?. The second-order valence-electron chi connectivity index (χ2n) is 4.97. The monoisotopic (exact) mass is 262 g/mol. The molecular weight excluding hydrogens is 244 g/mol. The molecule has 1 N–H and O–H groups in total. The first-order chi connectivity index (χ1) is 8.86. The Balaban J connectivity index is 3.14. The lowest BCUT2D eigenvalue weighted by Gasteiger charge is -2.18. The highest BCUT2D eigenvalue weighted by molar-refractivity contribution is 5.88. The molecule has 0 aliphatic heterocycles. The maximum absolute atomic E-state index is 11.6. The van der Waals surface area contributed by atoms with Gasteiger partial charge in [0.1, 0.15) is 5.76 Å². The lowest BCUT2D eigenvalue weighted by atomic mass is 9.92. The number of allylic oxidation sites excluding steroid dienone is 1. The van der Waals surface area contributed by atoms with Crippen LogP contribution in [-0.2, 0) is 9.53 Å². The van der Waals surface area contributed by atoms with E-state index in [-0.39, 0.29) is 11.5 Å². The molecule has 0 bridgehead atoms. The normalized spacial score (nSPS) is 13.3. The maximum atomic E-state index is 11.6. The largest absolute Gasteiger partial charge is 0.509 e. The van der Waals surface area contributed by atoms with E-state index in [1.807, 2.05) is 6.07 Å². The third kappa shape index (κ3) is 4.21. The van der Waals surface area contributed by atoms with Gasteiger partial charge >= 0.3 is 5.97 Å². The molecule has 0 spiro atoms. The van der Waals surface area contributed by atoms with Gasteiger partial charge in [-0.05, 0) is 12.1 Å². The number of carbonyl (C=O) groups excluding carboxylic acids is 1. The number of nitrogens with zero attached hydrogens (tertiary/aromatic N) is 2. The lowest BCUT2D eigenvalue weighted by Crippen LogP contribution is -2.16. The first-order valence-electron chi connectivity index (χ1n) is 5.85. The van der Waals surface area contributed by atoms with Gasteiger partial charge in [0.25, 0.3) is 0 Å². The fourth-order valence-electron chi connectivity index (χ4n) is 1.24. The highest BCUT2D eigenvalue weighted by Gasteiger charge is 2.25. The van der Waals surface area contributed by atoms with E-state index in [4.69, 9.17) is 0 Å². The van der Waals surface area contributed by atoms with Crippen molar-refractivity contribution >= 4 is 11.7 Å². The van der Waals surface area contributed by atoms with Gasteiger partial charge in [0, 0.05) is 5.41 Å². The van der Waals surface area contributed by atoms with E-state index in [2.05, 4.69) is 15.0 Å². The molecule has 102 valence electrons. The zero-order valence-corrected chi connectivity index (χ0v) is 11.5. The summed E-state index contributed by atoms with van der Waals surface area (Å²) in [6.07, 6.45) is 0. The number of esters is 1. The van der Waals surface area contributed by atoms with E-state index in [0.29, 0.717) is 5.69 Å². The second kappa shape index (κ2) is 6.13. The summed E-state index contributed by atoms with van der Waals surface area (Å²) in [4.78, 5) is 11.6. The third-order valence-corrected chi connectivity index (χ3v) is 2.34. The Hall–Kier alpha value is -2.17. The summed E-state index contributed by atoms with van der Waals surface area (Å²) in [5.74, 6) is -0.869. The molecule has 0 atom stereocenters. The van der Waals surface area contributed by atoms with Crippen molar-refractivity contribution in [3.05, 3.63) is 41.8 Å². The molecule has 0 saturated heterocycles. The summed E-state index contributed by atoms with van der Waals surface area (Å²) in [5.41, 5.74) is -0.205. The molecule has 1 aromatic carbocycles. The van der Waals surface area contributed by atoms with Crippen molar-refractivity contribution in [1.29, 1.82) is 0 Å². The number of aliphatic hydroxyl groups excluding tert-OH is 1. The molecule has 0 aliphatic rings. The Morgan fingerprint density at radius 3 is 2.26 bits per heavy atom. The van der Waals surface area contributed by atoms with Gasteiger partial charge < -0.3 is 9.84 Å². The van der Waals surface area contributed by atoms with Crippen LogP contribution in [0, 0.1) is 5.41 Å². The quantitative estimate of drug-likeness (QED) is 0.390. The SMILES string of the molecule is COC(=O)/C(N=Nc1ccccc1)=C(/O)C(C)(C)C. The maximum Gasteiger partial charge on any atom is 0.362 e. The molecule has 5 heteroatoms. The van der Waals surface area contributed by atoms with Crippen LogP contribution in [0.25, 0.3) is 0 Å². The Morgan fingerprint density at radius 2 is 1.79 bits per heavy atom. The summed E-state index contributed by atoms with van der Waals surface area (Å²) >= 11 is 0. The number of carbonyl (C=O) groups is 1. The first-order valence-corrected chi connectivity index (χ1v) is 5.85. The van der Waals surface area contributed by atoms with Crippen LogP contribution in [0.4, 0.5) is 5.69 Å². The topological polar surface area (TPSA) is 71.2 Å². The van der Waals surface area contributed by atoms with Gasteiger partial charge in [0.2, 0.25) is 5.70 Å². The zero-order valence-electron chi connectivity index (χ0n) is 11.5. The van der Waals surface area contributed by atoms with Gasteiger partial charge in [-0.1, -0.05) is 39.0 Å². The lowest BCUT2D eigenvalue weighted by molar-refractivity contribution is -0.136. The van der Waals surface area contributed by atoms with Crippen molar-refractivity contribution in [2.45, 2.75) is 20.8 Å². The Morgan fingerprint density at radius 1 is 1.21 bits per heavy atom. The number of aliphatic hydroxyl groups is 1. The Bertz CT molecular complexity index is 499. The molecule has 5 nitrogen and oxygen atoms in total. The van der Waals surface area contributed by atoms with E-state index in [1.165, 1.54) is 7.11 Å². The van der Waals surface area contributed by atoms with Gasteiger partial charge in [-0.15, -0.1) is 5.11 Å². The van der Waals surface area contributed by atoms with Crippen molar-refractivity contribution in [1.82, 2.24) is 0 Å². The van der Waals surface area contributed by atoms with Gasteiger partial charge in [-0.25, -0.2) is 4.79 Å². The zero-order chi connectivity index (χ0) is 14.5. The highest BCUT2D eigenvalue weighted by Crippen LogP contribution is 2.27. The minimum atomic E-state index is -0.716. The number of methoxy groups -OCH3 is 1. The minimum absolute atomic E-state index is 0.154. The van der Waals surface area contributed by atoms with Gasteiger partial charge in [0.15, 0.2) is 0 Å². The Kier molecular flexibility index (Phi) is 4.80. The predicted octanol–water partition coefficient (Wildman–Crippen LogP) is 3.76. The third-order valence-electron chi connectivity index (χ3n) is 2.34. The summed E-state index contributed by atoms with van der Waals surface area (Å²) < 4.78 is 4.61. The molecule has 0 fully saturated rings.